The van der Waals surface area contributed by atoms with E-state index >= 15 is 0 Å². The summed E-state index contributed by atoms with van der Waals surface area (Å²) < 4.78 is 39.3. The fourth-order valence-electron chi connectivity index (χ4n) is 0. The van der Waals surface area contributed by atoms with Crippen molar-refractivity contribution < 1.29 is 42.6 Å². The van der Waals surface area contributed by atoms with Crippen molar-refractivity contribution in [3.63, 3.8) is 0 Å². The molecule has 0 aliphatic carbocycles. The average molecular weight is 195 g/mol. The number of hydrogen-bond acceptors (Lipinski definition) is 0. The maximum Gasteiger partial charge on any atom is 0.844 e. The minimum atomic E-state index is -6.61. The van der Waals surface area contributed by atoms with Gasteiger partial charge in [0.05, 0.1) is 0 Å². The molecular formula is F4SiZr. The number of rotatable bonds is 0. The number of hydrogen-bond donors (Lipinski definition) is 0. The van der Waals surface area contributed by atoms with E-state index in [4.69, 9.17) is 0 Å². The van der Waals surface area contributed by atoms with Gasteiger partial charge >= 0.3 is 9.41 Å². The van der Waals surface area contributed by atoms with Crippen LogP contribution in [0.15, 0.2) is 0 Å². The molecule has 0 aliphatic rings. The third kappa shape index (κ3) is 105. The molecule has 0 saturated carbocycles. The van der Waals surface area contributed by atoms with Gasteiger partial charge in [-0.15, -0.1) is 0 Å². The zero-order valence-corrected chi connectivity index (χ0v) is 5.97. The first-order valence-corrected chi connectivity index (χ1v) is 2.27. The molecular weight excluding hydrogens is 195 g/mol. The summed E-state index contributed by atoms with van der Waals surface area (Å²) in [5, 5.41) is 0. The van der Waals surface area contributed by atoms with Gasteiger partial charge in [-0.05, 0) is 0 Å². The molecule has 0 rings (SSSR count). The van der Waals surface area contributed by atoms with Crippen LogP contribution in [0.4, 0.5) is 16.4 Å². The minimum absolute atomic E-state index is 0. The molecule has 0 unspecified atom stereocenters. The van der Waals surface area contributed by atoms with E-state index in [0.717, 1.165) is 0 Å². The second-order valence-corrected chi connectivity index (χ2v) is 1.29. The van der Waals surface area contributed by atoms with Crippen molar-refractivity contribution in [3.05, 3.63) is 0 Å². The van der Waals surface area contributed by atoms with Crippen molar-refractivity contribution in [2.24, 2.45) is 0 Å². The summed E-state index contributed by atoms with van der Waals surface area (Å²) in [7, 11) is -6.61. The van der Waals surface area contributed by atoms with E-state index < -0.39 is 9.41 Å². The van der Waals surface area contributed by atoms with Gasteiger partial charge in [0.1, 0.15) is 0 Å². The standard InChI is InChI=1S/F4Si.Zr/c1-5(2,3)4;. The van der Waals surface area contributed by atoms with Crippen molar-refractivity contribution in [1.82, 2.24) is 0 Å². The van der Waals surface area contributed by atoms with Crippen LogP contribution in [0, 0.1) is 0 Å². The zero-order valence-electron chi connectivity index (χ0n) is 2.51. The molecule has 0 aromatic heterocycles. The Kier molecular flexibility index (Phi) is 4.82. The first-order chi connectivity index (χ1) is 2.00. The Morgan fingerprint density at radius 3 is 0.833 bits per heavy atom. The van der Waals surface area contributed by atoms with Gasteiger partial charge < -0.3 is 0 Å². The first kappa shape index (κ1) is 9.94. The van der Waals surface area contributed by atoms with E-state index in [2.05, 4.69) is 0 Å². The van der Waals surface area contributed by atoms with Crippen molar-refractivity contribution >= 4 is 9.41 Å². The van der Waals surface area contributed by atoms with Gasteiger partial charge in [0.25, 0.3) is 0 Å². The molecule has 0 bridgehead atoms. The second-order valence-electron chi connectivity index (χ2n) is 0.429. The molecule has 0 nitrogen and oxygen atoms in total. The predicted octanol–water partition coefficient (Wildman–Crippen LogP) is 1.30. The molecule has 0 N–H and O–H groups in total. The molecule has 6 heteroatoms. The van der Waals surface area contributed by atoms with Crippen LogP contribution < -0.4 is 0 Å². The van der Waals surface area contributed by atoms with E-state index in [1.165, 1.54) is 0 Å². The zero-order chi connectivity index (χ0) is 4.50. The van der Waals surface area contributed by atoms with Crippen molar-refractivity contribution in [2.45, 2.75) is 0 Å². The molecule has 0 fully saturated rings. The molecule has 36 valence electrons. The Bertz CT molecular complexity index is 23.0. The van der Waals surface area contributed by atoms with Gasteiger partial charge in [0.2, 0.25) is 0 Å². The van der Waals surface area contributed by atoms with E-state index in [1.54, 1.807) is 0 Å². The van der Waals surface area contributed by atoms with Crippen molar-refractivity contribution in [2.75, 3.05) is 0 Å². The Hall–Kier alpha value is 0.820. The van der Waals surface area contributed by atoms with Crippen molar-refractivity contribution in [1.29, 1.82) is 0 Å². The van der Waals surface area contributed by atoms with Gasteiger partial charge in [-0.25, -0.2) is 16.4 Å². The molecule has 0 heterocycles. The quantitative estimate of drug-likeness (QED) is 0.310. The fraction of sp³-hybridized carbons (Fsp3) is 0. The van der Waals surface area contributed by atoms with Crippen LogP contribution in [0.5, 0.6) is 0 Å². The fourth-order valence-corrected chi connectivity index (χ4v) is 0. The van der Waals surface area contributed by atoms with Crippen LogP contribution in [-0.2, 0) is 26.2 Å². The average Bonchev–Trinajstić information content (AvgIpc) is 0.722. The maximum absolute atomic E-state index is 9.83. The molecule has 0 radical (unpaired) electrons. The summed E-state index contributed by atoms with van der Waals surface area (Å²) in [5.74, 6) is 0. The summed E-state index contributed by atoms with van der Waals surface area (Å²) >= 11 is 0. The normalized spacial score (nSPS) is 10.0. The second kappa shape index (κ2) is 2.91. The Morgan fingerprint density at radius 1 is 0.833 bits per heavy atom. The van der Waals surface area contributed by atoms with Crippen LogP contribution >= 0.6 is 0 Å². The van der Waals surface area contributed by atoms with Crippen LogP contribution in [0.25, 0.3) is 0 Å². The van der Waals surface area contributed by atoms with Crippen LogP contribution in [0.3, 0.4) is 0 Å². The van der Waals surface area contributed by atoms with Gasteiger partial charge in [-0.1, -0.05) is 0 Å². The van der Waals surface area contributed by atoms with Gasteiger partial charge in [0.15, 0.2) is 0 Å². The smallest absolute Gasteiger partial charge is 0.211 e. The SMILES string of the molecule is F[Si](F)(F)F.[Zr]. The molecule has 0 spiro atoms. The summed E-state index contributed by atoms with van der Waals surface area (Å²) in [6.07, 6.45) is 0. The molecule has 0 saturated heterocycles. The Morgan fingerprint density at radius 2 is 0.833 bits per heavy atom. The monoisotopic (exact) mass is 194 g/mol. The Balaban J connectivity index is 0. The van der Waals surface area contributed by atoms with Crippen LogP contribution in [0.2, 0.25) is 0 Å². The third-order valence-electron chi connectivity index (χ3n) is 0. The maximum atomic E-state index is 9.83. The third-order valence-corrected chi connectivity index (χ3v) is 0. The van der Waals surface area contributed by atoms with E-state index in [0.29, 0.717) is 0 Å². The summed E-state index contributed by atoms with van der Waals surface area (Å²) in [6.45, 7) is 0. The van der Waals surface area contributed by atoms with Crippen LogP contribution in [-0.4, -0.2) is 9.41 Å². The van der Waals surface area contributed by atoms with Gasteiger partial charge in [-0.2, -0.15) is 0 Å². The van der Waals surface area contributed by atoms with Gasteiger partial charge in [0, 0.05) is 26.2 Å². The first-order valence-electron chi connectivity index (χ1n) is 0.756. The summed E-state index contributed by atoms with van der Waals surface area (Å²) in [5.41, 5.74) is 0. The predicted molar refractivity (Wildman–Crippen MR) is 10.2 cm³/mol. The van der Waals surface area contributed by atoms with E-state index in [-0.39, 0.29) is 26.2 Å². The Labute approximate surface area is 52.4 Å². The van der Waals surface area contributed by atoms with E-state index in [9.17, 15) is 16.4 Å². The molecule has 6 heavy (non-hydrogen) atoms. The molecule has 0 amide bonds. The summed E-state index contributed by atoms with van der Waals surface area (Å²) in [6, 6.07) is 0. The van der Waals surface area contributed by atoms with Gasteiger partial charge in [-0.3, -0.25) is 0 Å². The largest absolute Gasteiger partial charge is 0.844 e. The number of halogens is 4. The topological polar surface area (TPSA) is 0 Å². The van der Waals surface area contributed by atoms with Crippen LogP contribution in [0.1, 0.15) is 0 Å². The van der Waals surface area contributed by atoms with E-state index in [1.807, 2.05) is 0 Å². The molecule has 0 aliphatic heterocycles. The molecule has 0 atom stereocenters. The molecule has 0 aromatic rings. The summed E-state index contributed by atoms with van der Waals surface area (Å²) in [4.78, 5) is 0. The molecule has 0 aromatic carbocycles. The minimum Gasteiger partial charge on any atom is -0.211 e. The van der Waals surface area contributed by atoms with Crippen molar-refractivity contribution in [3.8, 4) is 0 Å².